The number of hydrogen-bond donors (Lipinski definition) is 6. The Kier molecular flexibility index (Phi) is 12.9. The Morgan fingerprint density at radius 2 is 1.40 bits per heavy atom. The maximum Gasteiger partial charge on any atom is 0.325 e. The normalized spacial score (nSPS) is 16.1. The summed E-state index contributed by atoms with van der Waals surface area (Å²) in [5.74, 6) is -3.20. The highest BCUT2D eigenvalue weighted by atomic mass is 16.4. The molecule has 0 spiro atoms. The number of nitrogens with two attached hydrogens (primary N) is 2. The van der Waals surface area contributed by atoms with Gasteiger partial charge in [-0.15, -0.1) is 0 Å². The number of carboxylic acid groups (broad SMARTS) is 1. The third-order valence-electron chi connectivity index (χ3n) is 5.08. The maximum atomic E-state index is 12.9. The molecule has 174 valence electrons. The molecule has 0 aliphatic rings. The lowest BCUT2D eigenvalue weighted by molar-refractivity contribution is -0.142. The number of nitrogens with one attached hydrogen (secondary N) is 3. The van der Waals surface area contributed by atoms with E-state index in [1.165, 1.54) is 6.92 Å². The first kappa shape index (κ1) is 27.8. The van der Waals surface area contributed by atoms with Crippen LogP contribution >= 0.6 is 0 Å². The molecule has 0 heterocycles. The number of unbranched alkanes of at least 4 members (excludes halogenated alkanes) is 1. The molecule has 10 nitrogen and oxygen atoms in total. The number of carboxylic acids is 1. The number of amides is 3. The van der Waals surface area contributed by atoms with Gasteiger partial charge in [0.15, 0.2) is 0 Å². The van der Waals surface area contributed by atoms with Crippen LogP contribution in [0.15, 0.2) is 0 Å². The lowest BCUT2D eigenvalue weighted by Gasteiger charge is -2.29. The minimum absolute atomic E-state index is 0.239. The zero-order valence-corrected chi connectivity index (χ0v) is 18.7. The molecule has 0 fully saturated rings. The van der Waals surface area contributed by atoms with Gasteiger partial charge >= 0.3 is 5.97 Å². The largest absolute Gasteiger partial charge is 0.480 e. The summed E-state index contributed by atoms with van der Waals surface area (Å²) in [7, 11) is 0. The van der Waals surface area contributed by atoms with Crippen molar-refractivity contribution >= 4 is 23.7 Å². The summed E-state index contributed by atoms with van der Waals surface area (Å²) < 4.78 is 0. The summed E-state index contributed by atoms with van der Waals surface area (Å²) in [6.45, 7) is 9.06. The van der Waals surface area contributed by atoms with E-state index in [0.29, 0.717) is 25.8 Å². The van der Waals surface area contributed by atoms with Crippen LogP contribution in [0.1, 0.15) is 60.3 Å². The lowest BCUT2D eigenvalue weighted by Crippen LogP contribution is -2.59. The Hall–Kier alpha value is -2.20. The molecule has 5 atom stereocenters. The van der Waals surface area contributed by atoms with Crippen LogP contribution in [0.2, 0.25) is 0 Å². The van der Waals surface area contributed by atoms with E-state index in [1.54, 1.807) is 20.8 Å². The number of hydrogen-bond acceptors (Lipinski definition) is 6. The smallest absolute Gasteiger partial charge is 0.325 e. The van der Waals surface area contributed by atoms with Crippen molar-refractivity contribution in [2.75, 3.05) is 6.54 Å². The highest BCUT2D eigenvalue weighted by Gasteiger charge is 2.32. The van der Waals surface area contributed by atoms with Crippen LogP contribution < -0.4 is 27.4 Å². The van der Waals surface area contributed by atoms with Gasteiger partial charge < -0.3 is 32.5 Å². The molecule has 0 rings (SSSR count). The van der Waals surface area contributed by atoms with Crippen LogP contribution in [0.5, 0.6) is 0 Å². The van der Waals surface area contributed by atoms with E-state index in [4.69, 9.17) is 16.6 Å². The molecule has 0 radical (unpaired) electrons. The fourth-order valence-corrected chi connectivity index (χ4v) is 2.74. The summed E-state index contributed by atoms with van der Waals surface area (Å²) in [5, 5.41) is 16.7. The number of aliphatic carboxylic acids is 1. The van der Waals surface area contributed by atoms with E-state index in [0.717, 1.165) is 6.42 Å². The van der Waals surface area contributed by atoms with E-state index in [1.807, 2.05) is 6.92 Å². The predicted molar refractivity (Wildman–Crippen MR) is 114 cm³/mol. The Morgan fingerprint density at radius 3 is 1.87 bits per heavy atom. The van der Waals surface area contributed by atoms with Crippen molar-refractivity contribution in [2.45, 2.75) is 84.5 Å². The fraction of sp³-hybridized carbons (Fsp3) is 0.800. The Balaban J connectivity index is 5.22. The van der Waals surface area contributed by atoms with Crippen molar-refractivity contribution in [3.8, 4) is 0 Å². The maximum absolute atomic E-state index is 12.9. The molecule has 0 saturated carbocycles. The topological polar surface area (TPSA) is 177 Å². The molecule has 0 aliphatic carbocycles. The van der Waals surface area contributed by atoms with Crippen LogP contribution in [0.4, 0.5) is 0 Å². The molecule has 3 amide bonds. The van der Waals surface area contributed by atoms with Gasteiger partial charge in [0.1, 0.15) is 18.1 Å². The standard InChI is InChI=1S/C20H39N5O5/c1-6-12(4)16(19(28)23-13(5)20(29)30)25-18(27)15(11(2)3)24-17(26)14(22)9-7-8-10-21/h11-16H,6-10,21-22H2,1-5H3,(H,23,28)(H,24,26)(H,25,27)(H,29,30). The minimum atomic E-state index is -1.17. The highest BCUT2D eigenvalue weighted by Crippen LogP contribution is 2.11. The lowest BCUT2D eigenvalue weighted by atomic mass is 9.96. The number of rotatable bonds is 14. The highest BCUT2D eigenvalue weighted by molar-refractivity contribution is 5.94. The summed E-state index contributed by atoms with van der Waals surface area (Å²) in [5.41, 5.74) is 11.3. The van der Waals surface area contributed by atoms with Crippen LogP contribution in [-0.2, 0) is 19.2 Å². The molecule has 0 aromatic heterocycles. The molecule has 0 aromatic carbocycles. The van der Waals surface area contributed by atoms with Crippen LogP contribution in [-0.4, -0.2) is 59.5 Å². The predicted octanol–water partition coefficient (Wildman–Crippen LogP) is -0.296. The second-order valence-corrected chi connectivity index (χ2v) is 8.06. The van der Waals surface area contributed by atoms with Gasteiger partial charge in [-0.25, -0.2) is 0 Å². The molecule has 0 aliphatic heterocycles. The zero-order valence-electron chi connectivity index (χ0n) is 18.7. The monoisotopic (exact) mass is 429 g/mol. The second kappa shape index (κ2) is 13.9. The number of carbonyl (C=O) groups is 4. The van der Waals surface area contributed by atoms with Crippen molar-refractivity contribution in [3.05, 3.63) is 0 Å². The summed E-state index contributed by atoms with van der Waals surface area (Å²) in [6, 6.07) is -3.65. The molecule has 0 saturated heterocycles. The van der Waals surface area contributed by atoms with E-state index in [-0.39, 0.29) is 11.8 Å². The van der Waals surface area contributed by atoms with Gasteiger partial charge in [0.25, 0.3) is 0 Å². The van der Waals surface area contributed by atoms with Crippen LogP contribution in [0.3, 0.4) is 0 Å². The zero-order chi connectivity index (χ0) is 23.4. The van der Waals surface area contributed by atoms with Crippen molar-refractivity contribution < 1.29 is 24.3 Å². The first-order valence-corrected chi connectivity index (χ1v) is 10.6. The van der Waals surface area contributed by atoms with Gasteiger partial charge in [-0.2, -0.15) is 0 Å². The summed E-state index contributed by atoms with van der Waals surface area (Å²) in [6.07, 6.45) is 2.52. The molecule has 10 heteroatoms. The first-order valence-electron chi connectivity index (χ1n) is 10.6. The summed E-state index contributed by atoms with van der Waals surface area (Å²) >= 11 is 0. The molecule has 5 unspecified atom stereocenters. The van der Waals surface area contributed by atoms with Crippen LogP contribution in [0.25, 0.3) is 0 Å². The van der Waals surface area contributed by atoms with E-state index < -0.39 is 47.9 Å². The molecule has 0 aromatic rings. The van der Waals surface area contributed by atoms with Gasteiger partial charge in [0.05, 0.1) is 6.04 Å². The quantitative estimate of drug-likeness (QED) is 0.205. The summed E-state index contributed by atoms with van der Waals surface area (Å²) in [4.78, 5) is 48.9. The SMILES string of the molecule is CCC(C)C(NC(=O)C(NC(=O)C(N)CCCCN)C(C)C)C(=O)NC(C)C(=O)O. The van der Waals surface area contributed by atoms with Gasteiger partial charge in [-0.1, -0.05) is 40.5 Å². The van der Waals surface area contributed by atoms with Crippen LogP contribution in [0, 0.1) is 11.8 Å². The Morgan fingerprint density at radius 1 is 0.867 bits per heavy atom. The van der Waals surface area contributed by atoms with E-state index >= 15 is 0 Å². The average molecular weight is 430 g/mol. The fourth-order valence-electron chi connectivity index (χ4n) is 2.74. The van der Waals surface area contributed by atoms with Gasteiger partial charge in [0, 0.05) is 0 Å². The number of carbonyl (C=O) groups excluding carboxylic acids is 3. The third-order valence-corrected chi connectivity index (χ3v) is 5.08. The Bertz CT molecular complexity index is 584. The molecular weight excluding hydrogens is 390 g/mol. The molecular formula is C20H39N5O5. The molecule has 30 heavy (non-hydrogen) atoms. The van der Waals surface area contributed by atoms with Gasteiger partial charge in [0.2, 0.25) is 17.7 Å². The van der Waals surface area contributed by atoms with Crippen molar-refractivity contribution in [1.29, 1.82) is 0 Å². The van der Waals surface area contributed by atoms with Crippen molar-refractivity contribution in [2.24, 2.45) is 23.3 Å². The first-order chi connectivity index (χ1) is 14.0. The molecule has 0 bridgehead atoms. The third kappa shape index (κ3) is 9.53. The van der Waals surface area contributed by atoms with Crippen molar-refractivity contribution in [3.63, 3.8) is 0 Å². The van der Waals surface area contributed by atoms with E-state index in [2.05, 4.69) is 16.0 Å². The van der Waals surface area contributed by atoms with Gasteiger partial charge in [-0.05, 0) is 38.1 Å². The second-order valence-electron chi connectivity index (χ2n) is 8.06. The molecule has 8 N–H and O–H groups in total. The van der Waals surface area contributed by atoms with Gasteiger partial charge in [-0.3, -0.25) is 19.2 Å². The minimum Gasteiger partial charge on any atom is -0.480 e. The van der Waals surface area contributed by atoms with E-state index in [9.17, 15) is 19.2 Å². The van der Waals surface area contributed by atoms with Crippen molar-refractivity contribution in [1.82, 2.24) is 16.0 Å². The average Bonchev–Trinajstić information content (AvgIpc) is 2.68. The Labute approximate surface area is 178 Å².